The lowest BCUT2D eigenvalue weighted by molar-refractivity contribution is -0.137. The number of aromatic amines is 1. The number of azo groups is 1. The highest BCUT2D eigenvalue weighted by Gasteiger charge is 2.29. The zero-order chi connectivity index (χ0) is 14.0. The Kier molecular flexibility index (Phi) is 3.37. The standard InChI is InChI=1S/C12H11F3N4/c1-7-11(8(2)17-16-7)19-18-10-5-3-9(4-6-10)12(13,14)15/h3-6H,1-2H3,(H,16,17). The average molecular weight is 268 g/mol. The van der Waals surface area contributed by atoms with Gasteiger partial charge in [0.2, 0.25) is 0 Å². The van der Waals surface area contributed by atoms with E-state index >= 15 is 0 Å². The fraction of sp³-hybridized carbons (Fsp3) is 0.250. The largest absolute Gasteiger partial charge is 0.416 e. The van der Waals surface area contributed by atoms with E-state index in [9.17, 15) is 13.2 Å². The van der Waals surface area contributed by atoms with Gasteiger partial charge in [-0.15, -0.1) is 5.11 Å². The van der Waals surface area contributed by atoms with Crippen LogP contribution in [0.3, 0.4) is 0 Å². The van der Waals surface area contributed by atoms with Gasteiger partial charge < -0.3 is 0 Å². The van der Waals surface area contributed by atoms with Gasteiger partial charge in [0.15, 0.2) is 0 Å². The van der Waals surface area contributed by atoms with Crippen LogP contribution in [-0.2, 0) is 6.18 Å². The minimum absolute atomic E-state index is 0.355. The number of alkyl halides is 3. The summed E-state index contributed by atoms with van der Waals surface area (Å²) in [6.45, 7) is 3.56. The Labute approximate surface area is 107 Å². The fourth-order valence-corrected chi connectivity index (χ4v) is 1.52. The maximum absolute atomic E-state index is 12.4. The quantitative estimate of drug-likeness (QED) is 0.803. The Morgan fingerprint density at radius 2 is 1.68 bits per heavy atom. The molecule has 0 unspecified atom stereocenters. The SMILES string of the molecule is Cc1n[nH]c(C)c1N=Nc1ccc(C(F)(F)F)cc1. The maximum atomic E-state index is 12.4. The Balaban J connectivity index is 2.21. The summed E-state index contributed by atoms with van der Waals surface area (Å²) >= 11 is 0. The maximum Gasteiger partial charge on any atom is 0.416 e. The number of halogens is 3. The van der Waals surface area contributed by atoms with Crippen molar-refractivity contribution < 1.29 is 13.2 Å². The summed E-state index contributed by atoms with van der Waals surface area (Å²) in [5.74, 6) is 0. The van der Waals surface area contributed by atoms with Crippen molar-refractivity contribution in [3.63, 3.8) is 0 Å². The molecular formula is C12H11F3N4. The van der Waals surface area contributed by atoms with Crippen LogP contribution in [0, 0.1) is 13.8 Å². The number of benzene rings is 1. The van der Waals surface area contributed by atoms with E-state index in [1.54, 1.807) is 13.8 Å². The molecule has 0 spiro atoms. The number of nitrogens with zero attached hydrogens (tertiary/aromatic N) is 3. The molecule has 0 saturated heterocycles. The van der Waals surface area contributed by atoms with Crippen LogP contribution in [0.25, 0.3) is 0 Å². The van der Waals surface area contributed by atoms with Crippen LogP contribution in [-0.4, -0.2) is 10.2 Å². The normalized spacial score (nSPS) is 12.3. The van der Waals surface area contributed by atoms with E-state index in [2.05, 4.69) is 20.4 Å². The number of H-pyrrole nitrogens is 1. The Hall–Kier alpha value is -2.18. The first kappa shape index (κ1) is 13.3. The molecule has 0 amide bonds. The first-order valence-corrected chi connectivity index (χ1v) is 5.48. The van der Waals surface area contributed by atoms with E-state index in [0.29, 0.717) is 17.1 Å². The average Bonchev–Trinajstić information content (AvgIpc) is 2.66. The lowest BCUT2D eigenvalue weighted by Gasteiger charge is -2.05. The molecule has 0 aliphatic heterocycles. The summed E-state index contributed by atoms with van der Waals surface area (Å²) in [4.78, 5) is 0. The first-order valence-electron chi connectivity index (χ1n) is 5.48. The summed E-state index contributed by atoms with van der Waals surface area (Å²) in [5, 5.41) is 14.6. The lowest BCUT2D eigenvalue weighted by atomic mass is 10.2. The summed E-state index contributed by atoms with van der Waals surface area (Å²) in [5.41, 5.74) is 1.69. The van der Waals surface area contributed by atoms with E-state index in [0.717, 1.165) is 17.8 Å². The molecule has 1 heterocycles. The van der Waals surface area contributed by atoms with Crippen LogP contribution in [0.15, 0.2) is 34.5 Å². The highest BCUT2D eigenvalue weighted by atomic mass is 19.4. The number of rotatable bonds is 2. The van der Waals surface area contributed by atoms with Crippen molar-refractivity contribution in [1.82, 2.24) is 10.2 Å². The molecule has 0 saturated carbocycles. The molecule has 1 aromatic heterocycles. The predicted molar refractivity (Wildman–Crippen MR) is 63.7 cm³/mol. The lowest BCUT2D eigenvalue weighted by Crippen LogP contribution is -2.03. The molecule has 0 fully saturated rings. The molecule has 2 rings (SSSR count). The van der Waals surface area contributed by atoms with Crippen molar-refractivity contribution in [3.8, 4) is 0 Å². The molecule has 1 aromatic carbocycles. The highest BCUT2D eigenvalue weighted by Crippen LogP contribution is 2.31. The molecule has 2 aromatic rings. The van der Waals surface area contributed by atoms with Crippen LogP contribution < -0.4 is 0 Å². The molecule has 7 heteroatoms. The van der Waals surface area contributed by atoms with Gasteiger partial charge in [0.1, 0.15) is 5.69 Å². The van der Waals surface area contributed by atoms with Crippen LogP contribution in [0.2, 0.25) is 0 Å². The van der Waals surface area contributed by atoms with Gasteiger partial charge in [-0.2, -0.15) is 23.4 Å². The number of hydrogen-bond donors (Lipinski definition) is 1. The summed E-state index contributed by atoms with van der Waals surface area (Å²) in [6.07, 6.45) is -4.34. The monoisotopic (exact) mass is 268 g/mol. The second-order valence-corrected chi connectivity index (χ2v) is 4.03. The molecule has 1 N–H and O–H groups in total. The molecular weight excluding hydrogens is 257 g/mol. The molecule has 19 heavy (non-hydrogen) atoms. The van der Waals surface area contributed by atoms with Gasteiger partial charge in [0, 0.05) is 0 Å². The smallest absolute Gasteiger partial charge is 0.280 e. The highest BCUT2D eigenvalue weighted by molar-refractivity contribution is 5.46. The Morgan fingerprint density at radius 1 is 1.05 bits per heavy atom. The minimum atomic E-state index is -4.34. The van der Waals surface area contributed by atoms with Crippen molar-refractivity contribution in [1.29, 1.82) is 0 Å². The van der Waals surface area contributed by atoms with Gasteiger partial charge in [-0.3, -0.25) is 5.10 Å². The van der Waals surface area contributed by atoms with Crippen molar-refractivity contribution in [3.05, 3.63) is 41.2 Å². The van der Waals surface area contributed by atoms with Crippen LogP contribution >= 0.6 is 0 Å². The van der Waals surface area contributed by atoms with Crippen molar-refractivity contribution in [2.24, 2.45) is 10.2 Å². The number of nitrogens with one attached hydrogen (secondary N) is 1. The third-order valence-electron chi connectivity index (χ3n) is 2.55. The number of aryl methyl sites for hydroxylation is 2. The van der Waals surface area contributed by atoms with E-state index in [1.807, 2.05) is 0 Å². The van der Waals surface area contributed by atoms with E-state index in [4.69, 9.17) is 0 Å². The molecule has 100 valence electrons. The third-order valence-corrected chi connectivity index (χ3v) is 2.55. The van der Waals surface area contributed by atoms with E-state index in [1.165, 1.54) is 12.1 Å². The van der Waals surface area contributed by atoms with Crippen LogP contribution in [0.4, 0.5) is 24.5 Å². The molecule has 0 radical (unpaired) electrons. The first-order chi connectivity index (χ1) is 8.88. The molecule has 0 aliphatic carbocycles. The van der Waals surface area contributed by atoms with Gasteiger partial charge in [0.25, 0.3) is 0 Å². The van der Waals surface area contributed by atoms with Crippen molar-refractivity contribution >= 4 is 11.4 Å². The van der Waals surface area contributed by atoms with Gasteiger partial charge >= 0.3 is 6.18 Å². The zero-order valence-electron chi connectivity index (χ0n) is 10.3. The van der Waals surface area contributed by atoms with Crippen LogP contribution in [0.5, 0.6) is 0 Å². The predicted octanol–water partition coefficient (Wildman–Crippen LogP) is 4.46. The van der Waals surface area contributed by atoms with E-state index < -0.39 is 11.7 Å². The zero-order valence-corrected chi connectivity index (χ0v) is 10.3. The second kappa shape index (κ2) is 4.83. The number of aromatic nitrogens is 2. The van der Waals surface area contributed by atoms with Gasteiger partial charge in [0.05, 0.1) is 22.6 Å². The second-order valence-electron chi connectivity index (χ2n) is 4.03. The molecule has 0 aliphatic rings. The summed E-state index contributed by atoms with van der Waals surface area (Å²) < 4.78 is 37.1. The Morgan fingerprint density at radius 3 is 2.16 bits per heavy atom. The summed E-state index contributed by atoms with van der Waals surface area (Å²) in [7, 11) is 0. The molecule has 0 atom stereocenters. The van der Waals surface area contributed by atoms with Gasteiger partial charge in [-0.05, 0) is 38.1 Å². The Bertz CT molecular complexity index is 577. The van der Waals surface area contributed by atoms with Crippen LogP contribution in [0.1, 0.15) is 17.0 Å². The fourth-order valence-electron chi connectivity index (χ4n) is 1.52. The van der Waals surface area contributed by atoms with Crippen molar-refractivity contribution in [2.75, 3.05) is 0 Å². The van der Waals surface area contributed by atoms with Gasteiger partial charge in [-0.25, -0.2) is 0 Å². The molecule has 0 bridgehead atoms. The van der Waals surface area contributed by atoms with E-state index in [-0.39, 0.29) is 0 Å². The third kappa shape index (κ3) is 2.98. The summed E-state index contributed by atoms with van der Waals surface area (Å²) in [6, 6.07) is 4.50. The van der Waals surface area contributed by atoms with Crippen molar-refractivity contribution in [2.45, 2.75) is 20.0 Å². The minimum Gasteiger partial charge on any atom is -0.280 e. The van der Waals surface area contributed by atoms with Gasteiger partial charge in [-0.1, -0.05) is 0 Å². The number of hydrogen-bond acceptors (Lipinski definition) is 3. The topological polar surface area (TPSA) is 53.4 Å². The molecule has 4 nitrogen and oxygen atoms in total.